The number of hydrogen-bond acceptors (Lipinski definition) is 7. The van der Waals surface area contributed by atoms with Gasteiger partial charge in [-0.15, -0.1) is 0 Å². The highest BCUT2D eigenvalue weighted by Gasteiger charge is 2.20. The fourth-order valence-electron chi connectivity index (χ4n) is 3.81. The van der Waals surface area contributed by atoms with Crippen LogP contribution in [0.3, 0.4) is 0 Å². The van der Waals surface area contributed by atoms with Gasteiger partial charge in [0.15, 0.2) is 0 Å². The lowest BCUT2D eigenvalue weighted by atomic mass is 10.2. The van der Waals surface area contributed by atoms with E-state index >= 15 is 0 Å². The number of benzene rings is 1. The van der Waals surface area contributed by atoms with Gasteiger partial charge in [0.05, 0.1) is 15.7 Å². The van der Waals surface area contributed by atoms with Gasteiger partial charge in [-0.3, -0.25) is 4.90 Å². The topological polar surface area (TPSA) is 75.0 Å². The van der Waals surface area contributed by atoms with Crippen molar-refractivity contribution in [1.82, 2.24) is 30.1 Å². The maximum atomic E-state index is 6.35. The zero-order valence-corrected chi connectivity index (χ0v) is 19.2. The fourth-order valence-corrected chi connectivity index (χ4v) is 4.18. The number of rotatable bonds is 6. The molecule has 0 unspecified atom stereocenters. The summed E-state index contributed by atoms with van der Waals surface area (Å²) >= 11 is 12.5. The van der Waals surface area contributed by atoms with Gasteiger partial charge in [0.2, 0.25) is 5.95 Å². The minimum atomic E-state index is 0.404. The van der Waals surface area contributed by atoms with Crippen LogP contribution < -0.4 is 10.2 Å². The predicted octanol–water partition coefficient (Wildman–Crippen LogP) is 3.90. The SMILES string of the molecule is CC(C)N1CCCN(c2ncccc2CNc2nnnn2-c2cccc(Cl)c2Cl)CC1. The van der Waals surface area contributed by atoms with E-state index < -0.39 is 0 Å². The maximum Gasteiger partial charge on any atom is 0.248 e. The highest BCUT2D eigenvalue weighted by atomic mass is 35.5. The molecule has 3 aromatic rings. The number of anilines is 2. The summed E-state index contributed by atoms with van der Waals surface area (Å²) in [6, 6.07) is 9.96. The Morgan fingerprint density at radius 3 is 2.77 bits per heavy atom. The van der Waals surface area contributed by atoms with Crippen LogP contribution in [0.5, 0.6) is 0 Å². The van der Waals surface area contributed by atoms with Crippen molar-refractivity contribution < 1.29 is 0 Å². The molecule has 8 nitrogen and oxygen atoms in total. The minimum Gasteiger partial charge on any atom is -0.355 e. The third kappa shape index (κ3) is 4.92. The zero-order chi connectivity index (χ0) is 21.8. The average molecular weight is 461 g/mol. The van der Waals surface area contributed by atoms with E-state index in [1.165, 1.54) is 0 Å². The first kappa shape index (κ1) is 21.8. The molecule has 0 spiro atoms. The average Bonchev–Trinajstić information content (AvgIpc) is 3.08. The maximum absolute atomic E-state index is 6.35. The van der Waals surface area contributed by atoms with Gasteiger partial charge >= 0.3 is 0 Å². The molecular weight excluding hydrogens is 435 g/mol. The van der Waals surface area contributed by atoms with Crippen LogP contribution in [-0.4, -0.2) is 62.3 Å². The van der Waals surface area contributed by atoms with Crippen LogP contribution in [0, 0.1) is 0 Å². The largest absolute Gasteiger partial charge is 0.355 e. The van der Waals surface area contributed by atoms with E-state index in [1.54, 1.807) is 10.7 Å². The van der Waals surface area contributed by atoms with E-state index in [0.717, 1.165) is 44.0 Å². The van der Waals surface area contributed by atoms with E-state index in [2.05, 4.69) is 50.6 Å². The molecule has 1 saturated heterocycles. The molecular formula is C21H26Cl2N8. The number of hydrogen-bond donors (Lipinski definition) is 1. The van der Waals surface area contributed by atoms with E-state index in [-0.39, 0.29) is 0 Å². The summed E-state index contributed by atoms with van der Waals surface area (Å²) in [7, 11) is 0. The monoisotopic (exact) mass is 460 g/mol. The Morgan fingerprint density at radius 1 is 1.06 bits per heavy atom. The van der Waals surface area contributed by atoms with Gasteiger partial charge in [0, 0.05) is 50.5 Å². The Labute approximate surface area is 192 Å². The lowest BCUT2D eigenvalue weighted by Gasteiger charge is -2.26. The summed E-state index contributed by atoms with van der Waals surface area (Å²) < 4.78 is 1.55. The normalized spacial score (nSPS) is 15.3. The second-order valence-electron chi connectivity index (χ2n) is 7.80. The van der Waals surface area contributed by atoms with Crippen molar-refractivity contribution in [3.05, 3.63) is 52.1 Å². The molecule has 1 aliphatic rings. The third-order valence-corrected chi connectivity index (χ3v) is 6.30. The van der Waals surface area contributed by atoms with Crippen LogP contribution >= 0.6 is 23.2 Å². The summed E-state index contributed by atoms with van der Waals surface area (Å²) in [6.07, 6.45) is 2.97. The molecule has 1 aromatic carbocycles. The smallest absolute Gasteiger partial charge is 0.248 e. The van der Waals surface area contributed by atoms with Crippen molar-refractivity contribution in [2.75, 3.05) is 36.4 Å². The van der Waals surface area contributed by atoms with Crippen molar-refractivity contribution in [2.45, 2.75) is 32.9 Å². The number of nitrogens with zero attached hydrogens (tertiary/aromatic N) is 7. The molecule has 4 rings (SSSR count). The van der Waals surface area contributed by atoms with Crippen LogP contribution in [-0.2, 0) is 6.54 Å². The van der Waals surface area contributed by atoms with Crippen LogP contribution in [0.15, 0.2) is 36.5 Å². The Morgan fingerprint density at radius 2 is 1.94 bits per heavy atom. The first-order valence-electron chi connectivity index (χ1n) is 10.4. The Bertz CT molecular complexity index is 1020. The summed E-state index contributed by atoms with van der Waals surface area (Å²) in [5.74, 6) is 1.49. The highest BCUT2D eigenvalue weighted by molar-refractivity contribution is 6.43. The van der Waals surface area contributed by atoms with E-state index in [4.69, 9.17) is 28.2 Å². The molecule has 1 aliphatic heterocycles. The van der Waals surface area contributed by atoms with Crippen molar-refractivity contribution in [2.24, 2.45) is 0 Å². The number of pyridine rings is 1. The fraction of sp³-hybridized carbons (Fsp3) is 0.429. The molecule has 1 fully saturated rings. The molecule has 0 bridgehead atoms. The van der Waals surface area contributed by atoms with Gasteiger partial charge in [-0.1, -0.05) is 40.4 Å². The van der Waals surface area contributed by atoms with Crippen molar-refractivity contribution >= 4 is 35.0 Å². The molecule has 0 aliphatic carbocycles. The molecule has 31 heavy (non-hydrogen) atoms. The number of tetrazole rings is 1. The predicted molar refractivity (Wildman–Crippen MR) is 124 cm³/mol. The number of nitrogens with one attached hydrogen (secondary N) is 1. The summed E-state index contributed by atoms with van der Waals surface area (Å²) in [4.78, 5) is 9.58. The van der Waals surface area contributed by atoms with E-state index in [9.17, 15) is 0 Å². The van der Waals surface area contributed by atoms with Gasteiger partial charge < -0.3 is 10.2 Å². The van der Waals surface area contributed by atoms with Gasteiger partial charge in [0.25, 0.3) is 0 Å². The van der Waals surface area contributed by atoms with Crippen molar-refractivity contribution in [3.8, 4) is 5.69 Å². The molecule has 0 saturated carbocycles. The Kier molecular flexibility index (Phi) is 6.89. The highest BCUT2D eigenvalue weighted by Crippen LogP contribution is 2.29. The van der Waals surface area contributed by atoms with Gasteiger partial charge in [-0.25, -0.2) is 4.98 Å². The molecule has 1 N–H and O–H groups in total. The first-order valence-corrected chi connectivity index (χ1v) is 11.2. The zero-order valence-electron chi connectivity index (χ0n) is 17.7. The van der Waals surface area contributed by atoms with Crippen molar-refractivity contribution in [3.63, 3.8) is 0 Å². The Balaban J connectivity index is 1.51. The molecule has 3 heterocycles. The number of halogens is 2. The summed E-state index contributed by atoms with van der Waals surface area (Å²) in [5, 5.41) is 16.2. The van der Waals surface area contributed by atoms with E-state index in [1.807, 2.05) is 24.4 Å². The summed E-state index contributed by atoms with van der Waals surface area (Å²) in [6.45, 7) is 9.13. The lowest BCUT2D eigenvalue weighted by Crippen LogP contribution is -2.35. The van der Waals surface area contributed by atoms with Crippen LogP contribution in [0.4, 0.5) is 11.8 Å². The van der Waals surface area contributed by atoms with Gasteiger partial charge in [-0.05, 0) is 48.9 Å². The minimum absolute atomic E-state index is 0.404. The molecule has 2 aromatic heterocycles. The quantitative estimate of drug-likeness (QED) is 0.597. The standard InChI is InChI=1S/C21H26Cl2N8/c1-15(2)29-10-5-11-30(13-12-29)20-16(6-4-9-24-20)14-25-21-26-27-28-31(21)18-8-3-7-17(22)19(18)23/h3-4,6-9,15H,5,10-14H2,1-2H3,(H,25,26,28). The van der Waals surface area contributed by atoms with Crippen LogP contribution in [0.2, 0.25) is 10.0 Å². The number of aromatic nitrogens is 5. The van der Waals surface area contributed by atoms with E-state index in [0.29, 0.717) is 34.3 Å². The van der Waals surface area contributed by atoms with Gasteiger partial charge in [0.1, 0.15) is 5.82 Å². The lowest BCUT2D eigenvalue weighted by molar-refractivity contribution is 0.238. The summed E-state index contributed by atoms with van der Waals surface area (Å²) in [5.41, 5.74) is 1.71. The molecule has 0 atom stereocenters. The van der Waals surface area contributed by atoms with Crippen molar-refractivity contribution in [1.29, 1.82) is 0 Å². The van der Waals surface area contributed by atoms with Gasteiger partial charge in [-0.2, -0.15) is 4.68 Å². The second kappa shape index (κ2) is 9.80. The second-order valence-corrected chi connectivity index (χ2v) is 8.58. The van der Waals surface area contributed by atoms with Crippen LogP contribution in [0.25, 0.3) is 5.69 Å². The third-order valence-electron chi connectivity index (χ3n) is 5.49. The molecule has 0 radical (unpaired) electrons. The first-order chi connectivity index (χ1) is 15.0. The molecule has 164 valence electrons. The van der Waals surface area contributed by atoms with Crippen LogP contribution in [0.1, 0.15) is 25.8 Å². The molecule has 0 amide bonds. The molecule has 10 heteroatoms. The Hall–Kier alpha value is -2.42.